The third-order valence-corrected chi connectivity index (χ3v) is 8.73. The van der Waals surface area contributed by atoms with Crippen molar-refractivity contribution in [3.63, 3.8) is 0 Å². The Hall–Kier alpha value is -0.770. The van der Waals surface area contributed by atoms with Gasteiger partial charge in [-0.05, 0) is 38.5 Å². The maximum absolute atomic E-state index is 12.7. The Bertz CT molecular complexity index is 799. The molecule has 14 atom stereocenters. The van der Waals surface area contributed by atoms with Crippen LogP contribution in [0.2, 0.25) is 0 Å². The van der Waals surface area contributed by atoms with Gasteiger partial charge in [0.2, 0.25) is 0 Å². The van der Waals surface area contributed by atoms with Crippen LogP contribution in [0, 0.1) is 5.92 Å². The van der Waals surface area contributed by atoms with Gasteiger partial charge >= 0.3 is 0 Å². The summed E-state index contributed by atoms with van der Waals surface area (Å²) in [7, 11) is 0. The van der Waals surface area contributed by atoms with Crippen molar-refractivity contribution in [3.8, 4) is 0 Å². The highest BCUT2D eigenvalue weighted by molar-refractivity contribution is 5.82. The molecule has 1 saturated carbocycles. The third kappa shape index (κ3) is 7.23. The first kappa shape index (κ1) is 32.2. The predicted octanol–water partition coefficient (Wildman–Crippen LogP) is 0.175. The third-order valence-electron chi connectivity index (χ3n) is 8.73. The van der Waals surface area contributed by atoms with Crippen LogP contribution in [0.25, 0.3) is 0 Å². The molecule has 0 aromatic carbocycles. The molecule has 3 heterocycles. The summed E-state index contributed by atoms with van der Waals surface area (Å²) in [6.45, 7) is 5.27. The fourth-order valence-corrected chi connectivity index (χ4v) is 6.19. The van der Waals surface area contributed by atoms with Gasteiger partial charge in [0.15, 0.2) is 18.4 Å². The second-order valence-corrected chi connectivity index (χ2v) is 11.7. The van der Waals surface area contributed by atoms with E-state index in [9.17, 15) is 30.3 Å². The molecule has 4 rings (SSSR count). The van der Waals surface area contributed by atoms with E-state index in [-0.39, 0.29) is 11.7 Å². The monoisotopic (exact) mass is 576 g/mol. The van der Waals surface area contributed by atoms with E-state index in [1.807, 2.05) is 6.92 Å². The van der Waals surface area contributed by atoms with Crippen molar-refractivity contribution in [3.05, 3.63) is 0 Å². The quantitative estimate of drug-likeness (QED) is 0.279. The average molecular weight is 577 g/mol. The molecule has 4 aliphatic rings. The highest BCUT2D eigenvalue weighted by Crippen LogP contribution is 2.36. The van der Waals surface area contributed by atoms with Crippen LogP contribution >= 0.6 is 0 Å². The van der Waals surface area contributed by atoms with Gasteiger partial charge in [0.1, 0.15) is 48.8 Å². The number of carbonyl (C=O) groups excluding carboxylic acids is 1. The van der Waals surface area contributed by atoms with Crippen molar-refractivity contribution in [1.29, 1.82) is 0 Å². The van der Waals surface area contributed by atoms with E-state index in [0.29, 0.717) is 25.9 Å². The summed E-state index contributed by atoms with van der Waals surface area (Å²) >= 11 is 0. The van der Waals surface area contributed by atoms with E-state index >= 15 is 0 Å². The molecule has 3 aliphatic heterocycles. The van der Waals surface area contributed by atoms with Gasteiger partial charge in [0.05, 0.1) is 24.9 Å². The zero-order chi connectivity index (χ0) is 29.0. The largest absolute Gasteiger partial charge is 0.394 e. The van der Waals surface area contributed by atoms with E-state index in [1.54, 1.807) is 13.8 Å². The second-order valence-electron chi connectivity index (χ2n) is 11.7. The fraction of sp³-hybridized carbons (Fsp3) is 0.964. The molecule has 1 aliphatic carbocycles. The lowest BCUT2D eigenvalue weighted by molar-refractivity contribution is -0.352. The van der Waals surface area contributed by atoms with Crippen LogP contribution in [0.4, 0.5) is 0 Å². The van der Waals surface area contributed by atoms with Crippen molar-refractivity contribution in [2.24, 2.45) is 5.92 Å². The molecule has 0 amide bonds. The van der Waals surface area contributed by atoms with E-state index in [1.165, 1.54) is 0 Å². The second kappa shape index (κ2) is 14.6. The number of aliphatic hydroxyl groups excluding tert-OH is 5. The molecule has 0 aromatic heterocycles. The summed E-state index contributed by atoms with van der Waals surface area (Å²) < 4.78 is 36.8. The molecule has 12 nitrogen and oxygen atoms in total. The van der Waals surface area contributed by atoms with Crippen LogP contribution < -0.4 is 0 Å². The number of aliphatic hydroxyl groups is 5. The molecule has 3 saturated heterocycles. The lowest BCUT2D eigenvalue weighted by Gasteiger charge is -2.48. The number of ketones is 1. The maximum atomic E-state index is 12.7. The number of rotatable bonds is 7. The van der Waals surface area contributed by atoms with Crippen LogP contribution in [0.15, 0.2) is 0 Å². The van der Waals surface area contributed by atoms with Gasteiger partial charge in [0, 0.05) is 13.0 Å². The standard InChI is InChI=1S/C28H48O12/c1-4-16(30)17-10-6-5-7-12-35-26-25(37-17)21(32)19(13-29)39-28(26)38-18-11-8-9-14(2)24(18)40-27-23(34)22(33)20(31)15(3)36-27/h14-15,17-29,31-34H,4-13H2,1-3H3/t14-,15?,17-,18-,19?,20-,21+,22?,23+,24?,25?,26?,27+,28-/m1/s1. The summed E-state index contributed by atoms with van der Waals surface area (Å²) in [6.07, 6.45) is -7.41. The lowest BCUT2D eigenvalue weighted by atomic mass is 9.85. The number of Topliss-reactive ketones (excluding diaryl/α,β-unsaturated/α-hetero) is 1. The van der Waals surface area contributed by atoms with Crippen molar-refractivity contribution < 1.29 is 58.7 Å². The molecule has 232 valence electrons. The van der Waals surface area contributed by atoms with Gasteiger partial charge in [-0.25, -0.2) is 0 Å². The minimum atomic E-state index is -1.45. The normalized spacial score (nSPS) is 47.3. The Labute approximate surface area is 235 Å². The molecular weight excluding hydrogens is 528 g/mol. The zero-order valence-electron chi connectivity index (χ0n) is 23.7. The summed E-state index contributed by atoms with van der Waals surface area (Å²) in [5.74, 6) is -0.0570. The first-order valence-corrected chi connectivity index (χ1v) is 14.9. The van der Waals surface area contributed by atoms with Gasteiger partial charge in [-0.1, -0.05) is 33.1 Å². The summed E-state index contributed by atoms with van der Waals surface area (Å²) in [4.78, 5) is 12.7. The van der Waals surface area contributed by atoms with Crippen molar-refractivity contribution >= 4 is 5.78 Å². The highest BCUT2D eigenvalue weighted by Gasteiger charge is 2.51. The van der Waals surface area contributed by atoms with E-state index in [0.717, 1.165) is 32.1 Å². The molecule has 6 unspecified atom stereocenters. The Morgan fingerprint density at radius 3 is 2.30 bits per heavy atom. The Morgan fingerprint density at radius 1 is 0.800 bits per heavy atom. The highest BCUT2D eigenvalue weighted by atomic mass is 16.7. The smallest absolute Gasteiger partial charge is 0.187 e. The van der Waals surface area contributed by atoms with Crippen LogP contribution in [0.5, 0.6) is 0 Å². The van der Waals surface area contributed by atoms with E-state index in [2.05, 4.69) is 0 Å². The topological polar surface area (TPSA) is 174 Å². The minimum Gasteiger partial charge on any atom is -0.394 e. The number of hydrogen-bond acceptors (Lipinski definition) is 12. The Morgan fingerprint density at radius 2 is 1.57 bits per heavy atom. The molecule has 12 heteroatoms. The molecule has 0 radical (unpaired) electrons. The molecule has 5 N–H and O–H groups in total. The minimum absolute atomic E-state index is 0.000219. The van der Waals surface area contributed by atoms with E-state index < -0.39 is 86.3 Å². The van der Waals surface area contributed by atoms with Crippen molar-refractivity contribution in [2.75, 3.05) is 13.2 Å². The lowest BCUT2D eigenvalue weighted by Crippen LogP contribution is -2.63. The number of fused-ring (bicyclic) bond motifs is 1. The number of ether oxygens (including phenoxy) is 6. The Kier molecular flexibility index (Phi) is 11.7. The van der Waals surface area contributed by atoms with Gasteiger partial charge < -0.3 is 54.0 Å². The van der Waals surface area contributed by atoms with Crippen LogP contribution in [0.3, 0.4) is 0 Å². The fourth-order valence-electron chi connectivity index (χ4n) is 6.19. The maximum Gasteiger partial charge on any atom is 0.187 e. The molecule has 4 fully saturated rings. The molecule has 0 spiro atoms. The molecule has 40 heavy (non-hydrogen) atoms. The Balaban J connectivity index is 1.55. The molecule has 0 aromatic rings. The number of hydrogen-bond donors (Lipinski definition) is 5. The zero-order valence-corrected chi connectivity index (χ0v) is 23.7. The summed E-state index contributed by atoms with van der Waals surface area (Å²) in [6, 6.07) is 0. The molecular formula is C28H48O12. The number of carbonyl (C=O) groups is 1. The van der Waals surface area contributed by atoms with E-state index in [4.69, 9.17) is 28.4 Å². The predicted molar refractivity (Wildman–Crippen MR) is 139 cm³/mol. The SMILES string of the molecule is CCC(=O)[C@H]1CCCCCOC2C(O1)[C@@H](O)C(CO)O[C@H]2O[C@@H]1CCC[C@@H](C)C1O[C@@H]1OC(C)[C@@H](O)C(O)[C@@H]1O. The first-order valence-electron chi connectivity index (χ1n) is 14.9. The summed E-state index contributed by atoms with van der Waals surface area (Å²) in [5, 5.41) is 52.0. The molecule has 0 bridgehead atoms. The first-order chi connectivity index (χ1) is 19.2. The van der Waals surface area contributed by atoms with Gasteiger partial charge in [-0.15, -0.1) is 0 Å². The average Bonchev–Trinajstić information content (AvgIpc) is 2.95. The van der Waals surface area contributed by atoms with Gasteiger partial charge in [-0.2, -0.15) is 0 Å². The van der Waals surface area contributed by atoms with Gasteiger partial charge in [-0.3, -0.25) is 4.79 Å². The summed E-state index contributed by atoms with van der Waals surface area (Å²) in [5.41, 5.74) is 0. The van der Waals surface area contributed by atoms with Gasteiger partial charge in [0.25, 0.3) is 0 Å². The van der Waals surface area contributed by atoms with Crippen LogP contribution in [-0.2, 0) is 33.2 Å². The van der Waals surface area contributed by atoms with Crippen LogP contribution in [0.1, 0.15) is 72.1 Å². The van der Waals surface area contributed by atoms with Crippen molar-refractivity contribution in [1.82, 2.24) is 0 Å². The van der Waals surface area contributed by atoms with Crippen molar-refractivity contribution in [2.45, 2.75) is 152 Å². The van der Waals surface area contributed by atoms with Crippen LogP contribution in [-0.4, -0.2) is 124 Å².